The number of quaternary nitrogens is 1. The number of hydrogen-bond donors (Lipinski definition) is 2. The van der Waals surface area contributed by atoms with Gasteiger partial charge in [-0.15, -0.1) is 11.3 Å². The highest BCUT2D eigenvalue weighted by molar-refractivity contribution is 7.10. The summed E-state index contributed by atoms with van der Waals surface area (Å²) in [7, 11) is 0. The van der Waals surface area contributed by atoms with Crippen molar-refractivity contribution in [3.05, 3.63) is 57.8 Å². The van der Waals surface area contributed by atoms with Crippen molar-refractivity contribution in [3.63, 3.8) is 0 Å². The number of morpholine rings is 1. The van der Waals surface area contributed by atoms with E-state index >= 15 is 0 Å². The van der Waals surface area contributed by atoms with Crippen LogP contribution in [-0.4, -0.2) is 62.0 Å². The van der Waals surface area contributed by atoms with Gasteiger partial charge in [0.15, 0.2) is 0 Å². The van der Waals surface area contributed by atoms with E-state index in [1.807, 2.05) is 11.4 Å². The zero-order valence-electron chi connectivity index (χ0n) is 15.3. The number of hydrogen-bond acceptors (Lipinski definition) is 5. The van der Waals surface area contributed by atoms with Gasteiger partial charge in [0.25, 0.3) is 11.8 Å². The Morgan fingerprint density at radius 3 is 2.39 bits per heavy atom. The van der Waals surface area contributed by atoms with Crippen LogP contribution >= 0.6 is 11.3 Å². The third-order valence-corrected chi connectivity index (χ3v) is 6.18. The highest BCUT2D eigenvalue weighted by Crippen LogP contribution is 2.22. The second-order valence-corrected chi connectivity index (χ2v) is 7.86. The van der Waals surface area contributed by atoms with E-state index in [0.717, 1.165) is 18.0 Å². The van der Waals surface area contributed by atoms with Crippen molar-refractivity contribution in [1.82, 2.24) is 10.2 Å². The fraction of sp³-hybridized carbons (Fsp3) is 0.350. The van der Waals surface area contributed by atoms with Crippen LogP contribution in [0.25, 0.3) is 0 Å². The van der Waals surface area contributed by atoms with Gasteiger partial charge in [-0.05, 0) is 23.6 Å². The molecule has 146 valence electrons. The molecule has 1 atom stereocenters. The van der Waals surface area contributed by atoms with E-state index in [9.17, 15) is 14.4 Å². The minimum absolute atomic E-state index is 0.134. The number of fused-ring (bicyclic) bond motifs is 1. The third kappa shape index (κ3) is 3.71. The van der Waals surface area contributed by atoms with Crippen molar-refractivity contribution in [2.75, 3.05) is 39.4 Å². The van der Waals surface area contributed by atoms with E-state index in [1.54, 1.807) is 35.6 Å². The molecule has 1 saturated heterocycles. The van der Waals surface area contributed by atoms with Crippen molar-refractivity contribution < 1.29 is 24.0 Å². The smallest absolute Gasteiger partial charge is 0.262 e. The summed E-state index contributed by atoms with van der Waals surface area (Å²) in [5.74, 6) is -1.16. The second kappa shape index (κ2) is 8.22. The van der Waals surface area contributed by atoms with Crippen molar-refractivity contribution in [2.24, 2.45) is 0 Å². The van der Waals surface area contributed by atoms with E-state index in [0.29, 0.717) is 30.9 Å². The molecule has 0 unspecified atom stereocenters. The second-order valence-electron chi connectivity index (χ2n) is 6.88. The Bertz CT molecular complexity index is 842. The number of ether oxygens (including phenoxy) is 1. The molecule has 0 bridgehead atoms. The lowest BCUT2D eigenvalue weighted by Gasteiger charge is -2.31. The number of amides is 3. The average Bonchev–Trinajstić information content (AvgIpc) is 3.33. The van der Waals surface area contributed by atoms with Crippen LogP contribution in [0.2, 0.25) is 0 Å². The minimum atomic E-state index is -0.413. The number of carbonyl (C=O) groups is 3. The van der Waals surface area contributed by atoms with Gasteiger partial charge in [0.05, 0.1) is 35.8 Å². The molecule has 2 aliphatic heterocycles. The summed E-state index contributed by atoms with van der Waals surface area (Å²) in [5, 5.41) is 4.95. The Labute approximate surface area is 166 Å². The first-order valence-electron chi connectivity index (χ1n) is 9.33. The van der Waals surface area contributed by atoms with Crippen LogP contribution in [0.5, 0.6) is 0 Å². The maximum atomic E-state index is 12.5. The lowest BCUT2D eigenvalue weighted by Crippen LogP contribution is -3.15. The molecule has 3 heterocycles. The van der Waals surface area contributed by atoms with Crippen LogP contribution in [0, 0.1) is 0 Å². The first-order chi connectivity index (χ1) is 13.6. The number of benzene rings is 1. The highest BCUT2D eigenvalue weighted by Gasteiger charge is 2.36. The Balaban J connectivity index is 1.39. The molecule has 7 nitrogen and oxygen atoms in total. The van der Waals surface area contributed by atoms with E-state index in [1.165, 1.54) is 9.78 Å². The maximum Gasteiger partial charge on any atom is 0.262 e. The number of imide groups is 1. The van der Waals surface area contributed by atoms with Gasteiger partial charge in [-0.3, -0.25) is 19.3 Å². The zero-order chi connectivity index (χ0) is 19.5. The first kappa shape index (κ1) is 18.8. The van der Waals surface area contributed by atoms with Gasteiger partial charge in [0.1, 0.15) is 25.7 Å². The Kier molecular flexibility index (Phi) is 5.52. The molecule has 2 aliphatic rings. The molecular weight excluding hydrogens is 378 g/mol. The average molecular weight is 400 g/mol. The lowest BCUT2D eigenvalue weighted by molar-refractivity contribution is -0.937. The lowest BCUT2D eigenvalue weighted by atomic mass is 10.1. The molecule has 1 aromatic heterocycles. The molecule has 2 N–H and O–H groups in total. The van der Waals surface area contributed by atoms with Crippen LogP contribution in [0.4, 0.5) is 0 Å². The molecular formula is C20H22N3O4S+. The normalized spacial score (nSPS) is 18.2. The monoisotopic (exact) mass is 400 g/mol. The van der Waals surface area contributed by atoms with Gasteiger partial charge in [-0.2, -0.15) is 0 Å². The van der Waals surface area contributed by atoms with Gasteiger partial charge in [0.2, 0.25) is 5.91 Å². The van der Waals surface area contributed by atoms with Gasteiger partial charge < -0.3 is 15.0 Å². The van der Waals surface area contributed by atoms with Crippen LogP contribution in [0.1, 0.15) is 31.6 Å². The van der Waals surface area contributed by atoms with Crippen LogP contribution in [-0.2, 0) is 9.53 Å². The summed E-state index contributed by atoms with van der Waals surface area (Å²) in [4.78, 5) is 40.9. The van der Waals surface area contributed by atoms with Gasteiger partial charge in [0, 0.05) is 0 Å². The number of nitrogens with zero attached hydrogens (tertiary/aromatic N) is 1. The standard InChI is InChI=1S/C20H21N3O4S/c24-18(13-23-19(25)14-4-1-2-5-15(14)20(23)26)21-12-16(17-6-3-11-28-17)22-7-9-27-10-8-22/h1-6,11,16H,7-10,12-13H2,(H,21,24)/p+1/t16-/m0/s1. The van der Waals surface area contributed by atoms with Crippen molar-refractivity contribution >= 4 is 29.1 Å². The Hall–Kier alpha value is -2.55. The summed E-state index contributed by atoms with van der Waals surface area (Å²) < 4.78 is 5.45. The van der Waals surface area contributed by atoms with Crippen molar-refractivity contribution in [1.29, 1.82) is 0 Å². The van der Waals surface area contributed by atoms with E-state index < -0.39 is 11.8 Å². The molecule has 2 aromatic rings. The fourth-order valence-corrected chi connectivity index (χ4v) is 4.60. The first-order valence-corrected chi connectivity index (χ1v) is 10.2. The molecule has 4 rings (SSSR count). The predicted molar refractivity (Wildman–Crippen MR) is 103 cm³/mol. The zero-order valence-corrected chi connectivity index (χ0v) is 16.2. The highest BCUT2D eigenvalue weighted by atomic mass is 32.1. The molecule has 28 heavy (non-hydrogen) atoms. The molecule has 8 heteroatoms. The topological polar surface area (TPSA) is 80.2 Å². The molecule has 1 fully saturated rings. The summed E-state index contributed by atoms with van der Waals surface area (Å²) in [6.07, 6.45) is 0. The molecule has 3 amide bonds. The van der Waals surface area contributed by atoms with Crippen molar-refractivity contribution in [2.45, 2.75) is 6.04 Å². The van der Waals surface area contributed by atoms with E-state index in [2.05, 4.69) is 11.4 Å². The van der Waals surface area contributed by atoms with Gasteiger partial charge >= 0.3 is 0 Å². The number of thiophene rings is 1. The number of rotatable bonds is 6. The quantitative estimate of drug-likeness (QED) is 0.675. The minimum Gasteiger partial charge on any atom is -0.370 e. The summed E-state index contributed by atoms with van der Waals surface area (Å²) in [6, 6.07) is 10.9. The molecule has 0 radical (unpaired) electrons. The van der Waals surface area contributed by atoms with Crippen molar-refractivity contribution in [3.8, 4) is 0 Å². The summed E-state index contributed by atoms with van der Waals surface area (Å²) in [6.45, 7) is 3.38. The van der Waals surface area contributed by atoms with Crippen LogP contribution < -0.4 is 10.2 Å². The largest absolute Gasteiger partial charge is 0.370 e. The molecule has 0 spiro atoms. The maximum absolute atomic E-state index is 12.5. The Morgan fingerprint density at radius 2 is 1.79 bits per heavy atom. The third-order valence-electron chi connectivity index (χ3n) is 5.20. The Morgan fingerprint density at radius 1 is 1.11 bits per heavy atom. The van der Waals surface area contributed by atoms with Gasteiger partial charge in [-0.1, -0.05) is 18.2 Å². The fourth-order valence-electron chi connectivity index (χ4n) is 3.72. The molecule has 0 aliphatic carbocycles. The van der Waals surface area contributed by atoms with E-state index in [4.69, 9.17) is 4.74 Å². The molecule has 1 aromatic carbocycles. The van der Waals surface area contributed by atoms with Crippen LogP contribution in [0.3, 0.4) is 0 Å². The van der Waals surface area contributed by atoms with Gasteiger partial charge in [-0.25, -0.2) is 0 Å². The molecule has 0 saturated carbocycles. The number of carbonyl (C=O) groups excluding carboxylic acids is 3. The van der Waals surface area contributed by atoms with E-state index in [-0.39, 0.29) is 18.5 Å². The number of nitrogens with one attached hydrogen (secondary N) is 2. The van der Waals surface area contributed by atoms with Crippen LogP contribution in [0.15, 0.2) is 41.8 Å². The summed E-state index contributed by atoms with van der Waals surface area (Å²) in [5.41, 5.74) is 0.712. The summed E-state index contributed by atoms with van der Waals surface area (Å²) >= 11 is 1.67. The SMILES string of the molecule is O=C(CN1C(=O)c2ccccc2C1=O)NC[C@@H](c1cccs1)[NH+]1CCOCC1. The predicted octanol–water partition coefficient (Wildman–Crippen LogP) is 0.117.